The minimum Gasteiger partial charge on any atom is -0.465 e. The van der Waals surface area contributed by atoms with E-state index < -0.39 is 12.0 Å². The highest BCUT2D eigenvalue weighted by Crippen LogP contribution is 1.98. The third-order valence-electron chi connectivity index (χ3n) is 1.18. The van der Waals surface area contributed by atoms with Crippen molar-refractivity contribution < 1.29 is 14.7 Å². The van der Waals surface area contributed by atoms with Gasteiger partial charge in [0.15, 0.2) is 0 Å². The number of likely N-dealkylation sites (N-methyl/N-ethyl adjacent to an activating group) is 1. The number of ether oxygens (including phenoxy) is 1. The Bertz CT molecular complexity index is 129. The van der Waals surface area contributed by atoms with Crippen LogP contribution in [-0.4, -0.2) is 41.7 Å². The van der Waals surface area contributed by atoms with Gasteiger partial charge in [-0.3, -0.25) is 4.79 Å². The van der Waals surface area contributed by atoms with Crippen molar-refractivity contribution in [2.75, 3.05) is 19.4 Å². The predicted octanol–water partition coefficient (Wildman–Crippen LogP) is 0.169. The van der Waals surface area contributed by atoms with E-state index in [0.29, 0.717) is 6.61 Å². The molecule has 11 heavy (non-hydrogen) atoms. The molecular formula is C6H13NO3S. The number of hydrogen-bond donors (Lipinski definition) is 2. The molecule has 0 spiro atoms. The summed E-state index contributed by atoms with van der Waals surface area (Å²) in [7, 11) is 1.39. The minimum atomic E-state index is -0.668. The van der Waals surface area contributed by atoms with Gasteiger partial charge >= 0.3 is 5.97 Å². The van der Waals surface area contributed by atoms with Gasteiger partial charge in [-0.15, -0.1) is 0 Å². The van der Waals surface area contributed by atoms with Crippen LogP contribution >= 0.6 is 12.6 Å². The van der Waals surface area contributed by atoms with E-state index in [1.54, 1.807) is 6.92 Å². The maximum absolute atomic E-state index is 10.9. The third-order valence-corrected chi connectivity index (χ3v) is 1.53. The first kappa shape index (κ1) is 10.7. The molecule has 0 aliphatic carbocycles. The molecule has 0 rings (SSSR count). The van der Waals surface area contributed by atoms with Gasteiger partial charge in [0.05, 0.1) is 6.61 Å². The highest BCUT2D eigenvalue weighted by atomic mass is 32.1. The minimum absolute atomic E-state index is 0.242. The van der Waals surface area contributed by atoms with Crippen LogP contribution in [-0.2, 0) is 9.53 Å². The molecule has 66 valence electrons. The summed E-state index contributed by atoms with van der Waals surface area (Å²) >= 11 is 3.88. The fourth-order valence-electron chi connectivity index (χ4n) is 0.584. The van der Waals surface area contributed by atoms with Gasteiger partial charge in [-0.1, -0.05) is 0 Å². The second-order valence-electron chi connectivity index (χ2n) is 2.02. The molecule has 0 bridgehead atoms. The van der Waals surface area contributed by atoms with Crippen LogP contribution in [0.3, 0.4) is 0 Å². The predicted molar refractivity (Wildman–Crippen MR) is 43.8 cm³/mol. The number of carbonyl (C=O) groups is 1. The molecule has 5 heteroatoms. The van der Waals surface area contributed by atoms with E-state index in [1.165, 1.54) is 7.05 Å². The van der Waals surface area contributed by atoms with Crippen molar-refractivity contribution in [3.8, 4) is 0 Å². The number of hydrogen-bond acceptors (Lipinski definition) is 5. The van der Waals surface area contributed by atoms with E-state index in [2.05, 4.69) is 17.4 Å². The summed E-state index contributed by atoms with van der Waals surface area (Å²) in [5.74, 6) is -0.209. The average Bonchev–Trinajstić information content (AvgIpc) is 1.88. The van der Waals surface area contributed by atoms with Gasteiger partial charge in [-0.05, 0) is 6.92 Å². The molecule has 4 nitrogen and oxygen atoms in total. The maximum Gasteiger partial charge on any atom is 0.326 e. The number of esters is 1. The van der Waals surface area contributed by atoms with E-state index in [9.17, 15) is 4.79 Å². The monoisotopic (exact) mass is 179 g/mol. The SMILES string of the molecule is CCOC(=O)C(CS)N(C)O. The number of hydroxylamine groups is 2. The average molecular weight is 179 g/mol. The zero-order chi connectivity index (χ0) is 8.85. The third kappa shape index (κ3) is 3.60. The second-order valence-corrected chi connectivity index (χ2v) is 2.39. The Labute approximate surface area is 71.5 Å². The molecule has 0 aliphatic heterocycles. The first-order valence-corrected chi connectivity index (χ1v) is 3.96. The van der Waals surface area contributed by atoms with Gasteiger partial charge in [0, 0.05) is 12.8 Å². The molecular weight excluding hydrogens is 166 g/mol. The van der Waals surface area contributed by atoms with Crippen molar-refractivity contribution in [2.45, 2.75) is 13.0 Å². The molecule has 0 fully saturated rings. The zero-order valence-electron chi connectivity index (χ0n) is 6.65. The van der Waals surface area contributed by atoms with E-state index in [4.69, 9.17) is 5.21 Å². The Morgan fingerprint density at radius 2 is 2.36 bits per heavy atom. The lowest BCUT2D eigenvalue weighted by Crippen LogP contribution is -2.39. The summed E-state index contributed by atoms with van der Waals surface area (Å²) in [5.41, 5.74) is 0. The highest BCUT2D eigenvalue weighted by molar-refractivity contribution is 7.80. The number of rotatable bonds is 4. The van der Waals surface area contributed by atoms with Crippen molar-refractivity contribution in [2.24, 2.45) is 0 Å². The Kier molecular flexibility index (Phi) is 5.27. The molecule has 0 saturated carbocycles. The maximum atomic E-state index is 10.9. The van der Waals surface area contributed by atoms with Gasteiger partial charge in [0.25, 0.3) is 0 Å². The largest absolute Gasteiger partial charge is 0.465 e. The van der Waals surface area contributed by atoms with Crippen LogP contribution in [0.1, 0.15) is 6.92 Å². The lowest BCUT2D eigenvalue weighted by atomic mass is 10.3. The molecule has 0 aromatic carbocycles. The van der Waals surface area contributed by atoms with Crippen LogP contribution in [0.25, 0.3) is 0 Å². The van der Waals surface area contributed by atoms with Crippen LogP contribution in [0, 0.1) is 0 Å². The van der Waals surface area contributed by atoms with Gasteiger partial charge in [0.1, 0.15) is 6.04 Å². The second kappa shape index (κ2) is 5.40. The van der Waals surface area contributed by atoms with Crippen molar-refractivity contribution in [1.29, 1.82) is 0 Å². The summed E-state index contributed by atoms with van der Waals surface area (Å²) in [6.07, 6.45) is 0. The summed E-state index contributed by atoms with van der Waals surface area (Å²) in [4.78, 5) is 10.9. The van der Waals surface area contributed by atoms with Gasteiger partial charge < -0.3 is 9.94 Å². The van der Waals surface area contributed by atoms with Crippen molar-refractivity contribution in [1.82, 2.24) is 5.06 Å². The lowest BCUT2D eigenvalue weighted by Gasteiger charge is -2.17. The molecule has 0 amide bonds. The number of thiol groups is 1. The van der Waals surface area contributed by atoms with Crippen molar-refractivity contribution in [3.63, 3.8) is 0 Å². The normalized spacial score (nSPS) is 13.2. The fraction of sp³-hybridized carbons (Fsp3) is 0.833. The first-order chi connectivity index (χ1) is 5.13. The molecule has 0 aliphatic rings. The van der Waals surface area contributed by atoms with E-state index in [0.717, 1.165) is 5.06 Å². The zero-order valence-corrected chi connectivity index (χ0v) is 7.54. The Balaban J connectivity index is 3.92. The molecule has 0 radical (unpaired) electrons. The smallest absolute Gasteiger partial charge is 0.326 e. The quantitative estimate of drug-likeness (QED) is 0.367. The van der Waals surface area contributed by atoms with E-state index in [-0.39, 0.29) is 5.75 Å². The fourth-order valence-corrected chi connectivity index (χ4v) is 0.969. The molecule has 1 atom stereocenters. The standard InChI is InChI=1S/C6H13NO3S/c1-3-10-6(8)5(4-11)7(2)9/h5,9,11H,3-4H2,1-2H3. The van der Waals surface area contributed by atoms with Crippen molar-refractivity contribution >= 4 is 18.6 Å². The molecule has 0 heterocycles. The van der Waals surface area contributed by atoms with Gasteiger partial charge in [-0.2, -0.15) is 17.7 Å². The van der Waals surface area contributed by atoms with Crippen LogP contribution in [0.4, 0.5) is 0 Å². The molecule has 1 unspecified atom stereocenters. The van der Waals surface area contributed by atoms with Crippen LogP contribution in [0.15, 0.2) is 0 Å². The summed E-state index contributed by atoms with van der Waals surface area (Å²) in [5, 5.41) is 9.69. The summed E-state index contributed by atoms with van der Waals surface area (Å²) in [6.45, 7) is 2.03. The number of carbonyl (C=O) groups excluding carboxylic acids is 1. The van der Waals surface area contributed by atoms with Gasteiger partial charge in [0.2, 0.25) is 0 Å². The topological polar surface area (TPSA) is 49.8 Å². The first-order valence-electron chi connectivity index (χ1n) is 3.32. The molecule has 0 aromatic heterocycles. The summed E-state index contributed by atoms with van der Waals surface area (Å²) < 4.78 is 4.67. The van der Waals surface area contributed by atoms with Crippen LogP contribution in [0.5, 0.6) is 0 Å². The van der Waals surface area contributed by atoms with Crippen LogP contribution in [0.2, 0.25) is 0 Å². The molecule has 1 N–H and O–H groups in total. The van der Waals surface area contributed by atoms with E-state index >= 15 is 0 Å². The Morgan fingerprint density at radius 3 is 2.64 bits per heavy atom. The molecule has 0 aromatic rings. The Hall–Kier alpha value is -0.260. The Morgan fingerprint density at radius 1 is 1.82 bits per heavy atom. The van der Waals surface area contributed by atoms with E-state index in [1.807, 2.05) is 0 Å². The number of nitrogens with zero attached hydrogens (tertiary/aromatic N) is 1. The van der Waals surface area contributed by atoms with Gasteiger partial charge in [-0.25, -0.2) is 0 Å². The lowest BCUT2D eigenvalue weighted by molar-refractivity contribution is -0.165. The molecule has 0 saturated heterocycles. The van der Waals surface area contributed by atoms with Crippen LogP contribution < -0.4 is 0 Å². The summed E-state index contributed by atoms with van der Waals surface area (Å²) in [6, 6.07) is -0.668. The van der Waals surface area contributed by atoms with Crippen molar-refractivity contribution in [3.05, 3.63) is 0 Å². The highest BCUT2D eigenvalue weighted by Gasteiger charge is 2.21.